The molecule has 1 fully saturated rings. The molecule has 0 saturated heterocycles. The van der Waals surface area contributed by atoms with Crippen molar-refractivity contribution in [2.24, 2.45) is 5.73 Å². The number of nitrogens with one attached hydrogen (secondary N) is 2. The molecule has 0 bridgehead atoms. The van der Waals surface area contributed by atoms with E-state index in [1.165, 1.54) is 0 Å². The molecule has 236 valence electrons. The minimum Gasteiger partial charge on any atom is -0.482 e. The van der Waals surface area contributed by atoms with Gasteiger partial charge in [0.25, 0.3) is 23.3 Å². The lowest BCUT2D eigenvalue weighted by Gasteiger charge is -2.24. The summed E-state index contributed by atoms with van der Waals surface area (Å²) in [5, 5.41) is 5.68. The smallest absolute Gasteiger partial charge is 0.262 e. The number of unbranched alkanes of at least 4 members (excludes halogenated alkanes) is 1. The van der Waals surface area contributed by atoms with Crippen LogP contribution in [-0.4, -0.2) is 46.4 Å². The summed E-state index contributed by atoms with van der Waals surface area (Å²) in [5.74, 6) is -0.0722. The molecule has 0 atom stereocenters. The third kappa shape index (κ3) is 7.35. The van der Waals surface area contributed by atoms with Crippen LogP contribution in [-0.2, 0) is 24.3 Å². The van der Waals surface area contributed by atoms with E-state index in [1.807, 2.05) is 53.4 Å². The van der Waals surface area contributed by atoms with Gasteiger partial charge in [-0.1, -0.05) is 30.3 Å². The number of hydrogen-bond acceptors (Lipinski definition) is 6. The van der Waals surface area contributed by atoms with Crippen LogP contribution in [0.4, 0.5) is 11.4 Å². The van der Waals surface area contributed by atoms with Crippen LogP contribution in [0.25, 0.3) is 0 Å². The van der Waals surface area contributed by atoms with Crippen molar-refractivity contribution in [3.05, 3.63) is 123 Å². The number of hydrogen-bond donors (Lipinski definition) is 3. The van der Waals surface area contributed by atoms with Gasteiger partial charge in [0.15, 0.2) is 6.61 Å². The van der Waals surface area contributed by atoms with E-state index in [2.05, 4.69) is 10.6 Å². The van der Waals surface area contributed by atoms with Crippen LogP contribution in [0.1, 0.15) is 63.1 Å². The highest BCUT2D eigenvalue weighted by atomic mass is 16.5. The lowest BCUT2D eigenvalue weighted by molar-refractivity contribution is -0.118. The molecule has 3 aromatic carbocycles. The number of ether oxygens (including phenoxy) is 1. The number of nitrogens with zero attached hydrogens (tertiary/aromatic N) is 2. The van der Waals surface area contributed by atoms with Crippen LogP contribution in [0.3, 0.4) is 0 Å². The molecule has 3 amide bonds. The minimum atomic E-state index is -0.239. The highest BCUT2D eigenvalue weighted by Crippen LogP contribution is 2.33. The second kappa shape index (κ2) is 13.8. The van der Waals surface area contributed by atoms with Gasteiger partial charge in [-0.25, -0.2) is 0 Å². The maximum absolute atomic E-state index is 13.5. The standard InChI is InChI=1S/C36H37N5O5/c37-18-2-1-4-27-5-3-19-40(35(27)44)21-24-8-13-29(14-9-24)38-34(43)26-10-6-25(7-11-26)22-41(30-15-16-30)36(45)28-12-17-31-32(20-28)46-23-33(42)39-31/h3,5-14,17,19-20,30H,1-2,4,15-16,18,21-23,37H2,(H,38,43)(H,39,42). The van der Waals surface area contributed by atoms with E-state index < -0.39 is 0 Å². The zero-order valence-corrected chi connectivity index (χ0v) is 25.5. The molecule has 6 rings (SSSR count). The highest BCUT2D eigenvalue weighted by Gasteiger charge is 2.33. The molecule has 0 radical (unpaired) electrons. The summed E-state index contributed by atoms with van der Waals surface area (Å²) in [5.41, 5.74) is 10.5. The molecule has 1 saturated carbocycles. The number of benzene rings is 3. The first-order chi connectivity index (χ1) is 22.4. The van der Waals surface area contributed by atoms with Crippen molar-refractivity contribution in [1.82, 2.24) is 9.47 Å². The number of nitrogens with two attached hydrogens (primary N) is 1. The number of fused-ring (bicyclic) bond motifs is 1. The number of carbonyl (C=O) groups is 3. The molecule has 1 aromatic heterocycles. The molecule has 4 aromatic rings. The van der Waals surface area contributed by atoms with E-state index in [0.717, 1.165) is 42.4 Å². The van der Waals surface area contributed by atoms with E-state index in [1.54, 1.807) is 41.1 Å². The lowest BCUT2D eigenvalue weighted by Crippen LogP contribution is -2.33. The van der Waals surface area contributed by atoms with Crippen LogP contribution in [0.15, 0.2) is 89.9 Å². The number of pyridine rings is 1. The topological polar surface area (TPSA) is 136 Å². The molecule has 46 heavy (non-hydrogen) atoms. The minimum absolute atomic E-state index is 0.00876. The van der Waals surface area contributed by atoms with E-state index in [0.29, 0.717) is 54.3 Å². The molecule has 2 aliphatic rings. The predicted octanol–water partition coefficient (Wildman–Crippen LogP) is 4.57. The van der Waals surface area contributed by atoms with E-state index in [4.69, 9.17) is 10.5 Å². The third-order valence-electron chi connectivity index (χ3n) is 8.24. The summed E-state index contributed by atoms with van der Waals surface area (Å²) in [6, 6.07) is 23.7. The van der Waals surface area contributed by atoms with Gasteiger partial charge in [0.2, 0.25) is 0 Å². The number of anilines is 2. The SMILES string of the molecule is NCCCCc1cccn(Cc2ccc(NC(=O)c3ccc(CN(C(=O)c4ccc5c(c4)OCC(=O)N5)C4CC4)cc3)cc2)c1=O. The summed E-state index contributed by atoms with van der Waals surface area (Å²) in [6.07, 6.45) is 6.18. The molecule has 10 heteroatoms. The first kappa shape index (κ1) is 30.8. The molecule has 0 spiro atoms. The van der Waals surface area contributed by atoms with Crippen LogP contribution >= 0.6 is 0 Å². The molecule has 1 aliphatic carbocycles. The molecule has 1 aliphatic heterocycles. The van der Waals surface area contributed by atoms with Gasteiger partial charge in [0, 0.05) is 41.2 Å². The Morgan fingerprint density at radius 2 is 1.67 bits per heavy atom. The summed E-state index contributed by atoms with van der Waals surface area (Å²) in [6.45, 7) is 1.41. The average Bonchev–Trinajstić information content (AvgIpc) is 3.91. The Labute approximate surface area is 267 Å². The van der Waals surface area contributed by atoms with E-state index in [9.17, 15) is 19.2 Å². The average molecular weight is 620 g/mol. The summed E-state index contributed by atoms with van der Waals surface area (Å²) >= 11 is 0. The van der Waals surface area contributed by atoms with Gasteiger partial charge < -0.3 is 30.6 Å². The fourth-order valence-electron chi connectivity index (χ4n) is 5.54. The number of amides is 3. The van der Waals surface area contributed by atoms with Crippen LogP contribution in [0.2, 0.25) is 0 Å². The summed E-state index contributed by atoms with van der Waals surface area (Å²) < 4.78 is 7.20. The molecule has 0 unspecified atom stereocenters. The summed E-state index contributed by atoms with van der Waals surface area (Å²) in [4.78, 5) is 52.7. The molecular weight excluding hydrogens is 582 g/mol. The monoisotopic (exact) mass is 619 g/mol. The quantitative estimate of drug-likeness (QED) is 0.199. The van der Waals surface area contributed by atoms with Crippen LogP contribution in [0.5, 0.6) is 5.75 Å². The Morgan fingerprint density at radius 3 is 2.41 bits per heavy atom. The second-order valence-corrected chi connectivity index (χ2v) is 11.8. The maximum Gasteiger partial charge on any atom is 0.262 e. The lowest BCUT2D eigenvalue weighted by atomic mass is 10.1. The summed E-state index contributed by atoms with van der Waals surface area (Å²) in [7, 11) is 0. The van der Waals surface area contributed by atoms with Crippen molar-refractivity contribution >= 4 is 29.1 Å². The number of carbonyl (C=O) groups excluding carboxylic acids is 3. The molecule has 10 nitrogen and oxygen atoms in total. The molecule has 4 N–H and O–H groups in total. The van der Waals surface area contributed by atoms with Crippen molar-refractivity contribution in [2.75, 3.05) is 23.8 Å². The van der Waals surface area contributed by atoms with Crippen LogP contribution < -0.4 is 26.7 Å². The fraction of sp³-hybridized carbons (Fsp3) is 0.278. The fourth-order valence-corrected chi connectivity index (χ4v) is 5.54. The Balaban J connectivity index is 1.05. The first-order valence-electron chi connectivity index (χ1n) is 15.6. The highest BCUT2D eigenvalue weighted by molar-refractivity contribution is 6.04. The van der Waals surface area contributed by atoms with Gasteiger partial charge in [-0.3, -0.25) is 19.2 Å². The second-order valence-electron chi connectivity index (χ2n) is 11.8. The van der Waals surface area contributed by atoms with Gasteiger partial charge in [-0.05, 0) is 98.3 Å². The number of aryl methyl sites for hydroxylation is 1. The van der Waals surface area contributed by atoms with Gasteiger partial charge in [0.1, 0.15) is 5.75 Å². The maximum atomic E-state index is 13.5. The van der Waals surface area contributed by atoms with Gasteiger partial charge in [-0.2, -0.15) is 0 Å². The van der Waals surface area contributed by atoms with Gasteiger partial charge in [-0.15, -0.1) is 0 Å². The van der Waals surface area contributed by atoms with E-state index in [-0.39, 0.29) is 35.9 Å². The number of rotatable bonds is 12. The van der Waals surface area contributed by atoms with Crippen molar-refractivity contribution in [2.45, 2.75) is 51.2 Å². The Morgan fingerprint density at radius 1 is 0.935 bits per heavy atom. The Hall–Kier alpha value is -5.22. The van der Waals surface area contributed by atoms with Crippen molar-refractivity contribution in [3.63, 3.8) is 0 Å². The third-order valence-corrected chi connectivity index (χ3v) is 8.24. The van der Waals surface area contributed by atoms with Crippen LogP contribution in [0, 0.1) is 0 Å². The Kier molecular flexibility index (Phi) is 9.25. The van der Waals surface area contributed by atoms with Gasteiger partial charge in [0.05, 0.1) is 12.2 Å². The first-order valence-corrected chi connectivity index (χ1v) is 15.6. The Bertz CT molecular complexity index is 1800. The van der Waals surface area contributed by atoms with Crippen molar-refractivity contribution in [1.29, 1.82) is 0 Å². The largest absolute Gasteiger partial charge is 0.482 e. The zero-order chi connectivity index (χ0) is 32.0. The predicted molar refractivity (Wildman–Crippen MR) is 176 cm³/mol. The van der Waals surface area contributed by atoms with Gasteiger partial charge >= 0.3 is 0 Å². The number of aromatic nitrogens is 1. The molecular formula is C36H37N5O5. The normalized spacial score (nSPS) is 13.7. The zero-order valence-electron chi connectivity index (χ0n) is 25.5. The van der Waals surface area contributed by atoms with E-state index >= 15 is 0 Å². The van der Waals surface area contributed by atoms with Crippen molar-refractivity contribution < 1.29 is 19.1 Å². The van der Waals surface area contributed by atoms with Crippen molar-refractivity contribution in [3.8, 4) is 5.75 Å². The molecule has 2 heterocycles.